The normalized spacial score (nSPS) is 18.9. The summed E-state index contributed by atoms with van der Waals surface area (Å²) in [6.45, 7) is 1.17. The molecule has 1 amide bonds. The molecule has 0 bridgehead atoms. The Hall–Kier alpha value is -1.92. The number of carbonyl (C=O) groups is 2. The number of thiophene rings is 1. The smallest absolute Gasteiger partial charge is 0.305 e. The highest BCUT2D eigenvalue weighted by atomic mass is 32.1. The van der Waals surface area contributed by atoms with E-state index in [1.807, 2.05) is 30.3 Å². The summed E-state index contributed by atoms with van der Waals surface area (Å²) in [6.07, 6.45) is -0.0867. The van der Waals surface area contributed by atoms with Gasteiger partial charge >= 0.3 is 5.97 Å². The van der Waals surface area contributed by atoms with Crippen LogP contribution in [-0.2, 0) is 9.53 Å². The Morgan fingerprint density at radius 2 is 2.19 bits per heavy atom. The average molecular weight is 305 g/mol. The summed E-state index contributed by atoms with van der Waals surface area (Å²) >= 11 is 1.44. The van der Waals surface area contributed by atoms with Crippen LogP contribution in [0.5, 0.6) is 0 Å². The fraction of sp³-hybridized carbons (Fsp3) is 0.333. The summed E-state index contributed by atoms with van der Waals surface area (Å²) in [7, 11) is 0. The van der Waals surface area contributed by atoms with Crippen molar-refractivity contribution in [2.75, 3.05) is 19.8 Å². The molecule has 2 aromatic rings. The van der Waals surface area contributed by atoms with Crippen LogP contribution < -0.4 is 0 Å². The first-order chi connectivity index (χ1) is 10.1. The van der Waals surface area contributed by atoms with Gasteiger partial charge in [0.15, 0.2) is 0 Å². The Bertz CT molecular complexity index is 648. The van der Waals surface area contributed by atoms with E-state index in [1.165, 1.54) is 11.3 Å². The second-order valence-electron chi connectivity index (χ2n) is 4.97. The number of fused-ring (bicyclic) bond motifs is 1. The van der Waals surface area contributed by atoms with Crippen LogP contribution in [0, 0.1) is 0 Å². The first kappa shape index (κ1) is 14.0. The largest absolute Gasteiger partial charge is 0.481 e. The van der Waals surface area contributed by atoms with Crippen LogP contribution in [0.4, 0.5) is 0 Å². The van der Waals surface area contributed by atoms with E-state index in [0.717, 1.165) is 10.1 Å². The van der Waals surface area contributed by atoms with E-state index in [2.05, 4.69) is 0 Å². The number of hydrogen-bond donors (Lipinski definition) is 1. The first-order valence-electron chi connectivity index (χ1n) is 6.74. The van der Waals surface area contributed by atoms with Crippen molar-refractivity contribution >= 4 is 33.3 Å². The minimum Gasteiger partial charge on any atom is -0.481 e. The highest BCUT2D eigenvalue weighted by Gasteiger charge is 2.30. The monoisotopic (exact) mass is 305 g/mol. The lowest BCUT2D eigenvalue weighted by Gasteiger charge is -2.34. The summed E-state index contributed by atoms with van der Waals surface area (Å²) in [5.41, 5.74) is 0. The van der Waals surface area contributed by atoms with Crippen molar-refractivity contribution in [1.82, 2.24) is 4.90 Å². The van der Waals surface area contributed by atoms with Crippen LogP contribution in [0.2, 0.25) is 0 Å². The summed E-state index contributed by atoms with van der Waals surface area (Å²) in [5.74, 6) is -1.02. The lowest BCUT2D eigenvalue weighted by atomic mass is 10.1. The van der Waals surface area contributed by atoms with E-state index in [0.29, 0.717) is 18.0 Å². The van der Waals surface area contributed by atoms with Crippen molar-refractivity contribution in [1.29, 1.82) is 0 Å². The first-order valence-corrected chi connectivity index (χ1v) is 7.56. The van der Waals surface area contributed by atoms with Gasteiger partial charge in [-0.2, -0.15) is 0 Å². The fourth-order valence-electron chi connectivity index (χ4n) is 2.52. The van der Waals surface area contributed by atoms with Crippen molar-refractivity contribution in [2.24, 2.45) is 0 Å². The van der Waals surface area contributed by atoms with Crippen molar-refractivity contribution < 1.29 is 19.4 Å². The molecule has 2 heterocycles. The van der Waals surface area contributed by atoms with Crippen LogP contribution >= 0.6 is 11.3 Å². The topological polar surface area (TPSA) is 66.8 Å². The molecule has 1 aliphatic heterocycles. The molecular formula is C15H15NO4S. The predicted molar refractivity (Wildman–Crippen MR) is 79.7 cm³/mol. The molecule has 1 fully saturated rings. The average Bonchev–Trinajstić information content (AvgIpc) is 2.90. The Morgan fingerprint density at radius 1 is 1.38 bits per heavy atom. The van der Waals surface area contributed by atoms with Crippen molar-refractivity contribution in [3.63, 3.8) is 0 Å². The van der Waals surface area contributed by atoms with Gasteiger partial charge in [-0.1, -0.05) is 18.2 Å². The van der Waals surface area contributed by atoms with Crippen molar-refractivity contribution in [3.8, 4) is 0 Å². The standard InChI is InChI=1S/C15H15NO4S/c17-14(18)8-11-9-20-6-5-16(11)15(19)13-7-10-3-1-2-4-12(10)21-13/h1-4,7,11H,5-6,8-9H2,(H,17,18). The van der Waals surface area contributed by atoms with Crippen LogP contribution in [0.25, 0.3) is 10.1 Å². The zero-order chi connectivity index (χ0) is 14.8. The second kappa shape index (κ2) is 5.83. The molecule has 3 rings (SSSR count). The molecule has 6 heteroatoms. The number of carbonyl (C=O) groups excluding carboxylic acids is 1. The summed E-state index contributed by atoms with van der Waals surface area (Å²) in [6, 6.07) is 9.30. The van der Waals surface area contributed by atoms with Crippen LogP contribution in [0.3, 0.4) is 0 Å². The molecule has 0 saturated carbocycles. The molecule has 1 aromatic carbocycles. The number of rotatable bonds is 3. The molecule has 110 valence electrons. The van der Waals surface area contributed by atoms with E-state index < -0.39 is 12.0 Å². The molecule has 1 atom stereocenters. The number of aliphatic carboxylic acids is 1. The van der Waals surface area contributed by atoms with Gasteiger partial charge < -0.3 is 14.7 Å². The molecule has 1 aromatic heterocycles. The van der Waals surface area contributed by atoms with Gasteiger partial charge in [-0.3, -0.25) is 9.59 Å². The highest BCUT2D eigenvalue weighted by molar-refractivity contribution is 7.20. The van der Waals surface area contributed by atoms with Crippen LogP contribution in [0.1, 0.15) is 16.1 Å². The van der Waals surface area contributed by atoms with E-state index in [1.54, 1.807) is 4.90 Å². The molecule has 5 nitrogen and oxygen atoms in total. The maximum atomic E-state index is 12.6. The Labute approximate surface area is 125 Å². The van der Waals surface area contributed by atoms with Crippen molar-refractivity contribution in [3.05, 3.63) is 35.2 Å². The van der Waals surface area contributed by atoms with Gasteiger partial charge in [0.25, 0.3) is 5.91 Å². The summed E-state index contributed by atoms with van der Waals surface area (Å²) in [4.78, 5) is 25.8. The molecule has 1 saturated heterocycles. The summed E-state index contributed by atoms with van der Waals surface area (Å²) in [5, 5.41) is 10.00. The minimum atomic E-state index is -0.917. The molecule has 0 spiro atoms. The van der Waals surface area contributed by atoms with Crippen LogP contribution in [-0.4, -0.2) is 47.7 Å². The third kappa shape index (κ3) is 2.91. The Kier molecular flexibility index (Phi) is 3.90. The predicted octanol–water partition coefficient (Wildman–Crippen LogP) is 2.22. The Morgan fingerprint density at radius 3 is 2.95 bits per heavy atom. The number of morpholine rings is 1. The zero-order valence-corrected chi connectivity index (χ0v) is 12.1. The molecule has 1 N–H and O–H groups in total. The highest BCUT2D eigenvalue weighted by Crippen LogP contribution is 2.27. The van der Waals surface area contributed by atoms with E-state index in [4.69, 9.17) is 9.84 Å². The SMILES string of the molecule is O=C(O)CC1COCCN1C(=O)c1cc2ccccc2s1. The van der Waals surface area contributed by atoms with Gasteiger partial charge in [0.1, 0.15) is 0 Å². The van der Waals surface area contributed by atoms with Gasteiger partial charge in [0, 0.05) is 11.2 Å². The van der Waals surface area contributed by atoms with Gasteiger partial charge in [-0.05, 0) is 17.5 Å². The third-order valence-corrected chi connectivity index (χ3v) is 4.64. The number of benzene rings is 1. The molecular weight excluding hydrogens is 290 g/mol. The maximum Gasteiger partial charge on any atom is 0.305 e. The fourth-order valence-corrected chi connectivity index (χ4v) is 3.54. The van der Waals surface area contributed by atoms with Crippen LogP contribution in [0.15, 0.2) is 30.3 Å². The Balaban J connectivity index is 1.86. The number of nitrogens with zero attached hydrogens (tertiary/aromatic N) is 1. The molecule has 1 aliphatic rings. The van der Waals surface area contributed by atoms with Gasteiger partial charge in [0.05, 0.1) is 30.6 Å². The minimum absolute atomic E-state index is 0.0867. The third-order valence-electron chi connectivity index (χ3n) is 3.53. The van der Waals surface area contributed by atoms with Gasteiger partial charge in [-0.25, -0.2) is 0 Å². The van der Waals surface area contributed by atoms with E-state index >= 15 is 0 Å². The number of carboxylic acid groups (broad SMARTS) is 1. The lowest BCUT2D eigenvalue weighted by molar-refractivity contribution is -0.139. The molecule has 0 radical (unpaired) electrons. The second-order valence-corrected chi connectivity index (χ2v) is 6.06. The number of carboxylic acids is 1. The molecule has 1 unspecified atom stereocenters. The van der Waals surface area contributed by atoms with Gasteiger partial charge in [-0.15, -0.1) is 11.3 Å². The summed E-state index contributed by atoms with van der Waals surface area (Å²) < 4.78 is 6.36. The van der Waals surface area contributed by atoms with E-state index in [-0.39, 0.29) is 18.9 Å². The molecule has 0 aliphatic carbocycles. The van der Waals surface area contributed by atoms with Gasteiger partial charge in [0.2, 0.25) is 0 Å². The van der Waals surface area contributed by atoms with E-state index in [9.17, 15) is 9.59 Å². The quantitative estimate of drug-likeness (QED) is 0.944. The lowest BCUT2D eigenvalue weighted by Crippen LogP contribution is -2.49. The van der Waals surface area contributed by atoms with Crippen molar-refractivity contribution in [2.45, 2.75) is 12.5 Å². The number of hydrogen-bond acceptors (Lipinski definition) is 4. The maximum absolute atomic E-state index is 12.6. The number of amides is 1. The number of ether oxygens (including phenoxy) is 1. The molecule has 21 heavy (non-hydrogen) atoms. The zero-order valence-electron chi connectivity index (χ0n) is 11.3.